The lowest BCUT2D eigenvalue weighted by Gasteiger charge is -2.33. The average Bonchev–Trinajstić information content (AvgIpc) is 2.80. The van der Waals surface area contributed by atoms with Crippen molar-refractivity contribution in [3.05, 3.63) is 59.7 Å². The number of anilines is 1. The third-order valence-corrected chi connectivity index (χ3v) is 6.08. The van der Waals surface area contributed by atoms with E-state index >= 15 is 0 Å². The molecule has 0 bridgehead atoms. The van der Waals surface area contributed by atoms with Crippen molar-refractivity contribution in [3.8, 4) is 5.75 Å². The van der Waals surface area contributed by atoms with E-state index in [4.69, 9.17) is 4.74 Å². The Morgan fingerprint density at radius 1 is 1.00 bits per heavy atom. The van der Waals surface area contributed by atoms with Gasteiger partial charge in [-0.2, -0.15) is 0 Å². The number of carbonyl (C=O) groups excluding carboxylic acids is 2. The van der Waals surface area contributed by atoms with Crippen molar-refractivity contribution in [2.24, 2.45) is 0 Å². The number of ether oxygens (including phenoxy) is 1. The van der Waals surface area contributed by atoms with Gasteiger partial charge in [0, 0.05) is 11.3 Å². The molecule has 0 spiro atoms. The lowest BCUT2D eigenvalue weighted by molar-refractivity contribution is -1.02. The molecule has 3 rings (SSSR count). The van der Waals surface area contributed by atoms with E-state index in [1.165, 1.54) is 9.80 Å². The standard InChI is InChI=1S/C24H32N4O3/c1-4-18-7-5-6-8-21(18)26-24(30)23(29)25-17-22(28-15-13-27(2)14-16-28)19-9-11-20(31-3)12-10-19/h5-12,22H,4,13-17H2,1-3H3,(H,25,29)(H,26,30)/p+2/t22-/m0/s1. The van der Waals surface area contributed by atoms with Gasteiger partial charge in [-0.25, -0.2) is 0 Å². The SMILES string of the molecule is CCc1ccccc1NC(=O)C(=O)NC[C@@H](c1ccc(OC)cc1)[NH+]1CC[NH+](C)CC1. The number of amides is 2. The molecule has 31 heavy (non-hydrogen) atoms. The van der Waals surface area contributed by atoms with Gasteiger partial charge < -0.3 is 25.2 Å². The van der Waals surface area contributed by atoms with E-state index in [-0.39, 0.29) is 6.04 Å². The number of methoxy groups -OCH3 is 1. The van der Waals surface area contributed by atoms with Gasteiger partial charge in [-0.3, -0.25) is 9.59 Å². The zero-order valence-corrected chi connectivity index (χ0v) is 18.7. The molecule has 0 aromatic heterocycles. The topological polar surface area (TPSA) is 76.3 Å². The van der Waals surface area contributed by atoms with Crippen molar-refractivity contribution in [3.63, 3.8) is 0 Å². The molecule has 2 aromatic carbocycles. The van der Waals surface area contributed by atoms with Gasteiger partial charge in [-0.15, -0.1) is 0 Å². The molecule has 1 aliphatic rings. The van der Waals surface area contributed by atoms with Gasteiger partial charge in [0.2, 0.25) is 0 Å². The third-order valence-electron chi connectivity index (χ3n) is 6.08. The van der Waals surface area contributed by atoms with E-state index in [1.807, 2.05) is 55.5 Å². The van der Waals surface area contributed by atoms with Crippen LogP contribution in [-0.2, 0) is 16.0 Å². The summed E-state index contributed by atoms with van der Waals surface area (Å²) >= 11 is 0. The van der Waals surface area contributed by atoms with Gasteiger partial charge in [0.25, 0.3) is 0 Å². The molecule has 0 aliphatic carbocycles. The fraction of sp³-hybridized carbons (Fsp3) is 0.417. The Balaban J connectivity index is 1.67. The maximum Gasteiger partial charge on any atom is 0.313 e. The van der Waals surface area contributed by atoms with Gasteiger partial charge in [-0.05, 0) is 42.3 Å². The second-order valence-electron chi connectivity index (χ2n) is 8.12. The van der Waals surface area contributed by atoms with Crippen LogP contribution in [0.5, 0.6) is 5.75 Å². The molecular formula is C24H34N4O3+2. The van der Waals surface area contributed by atoms with Crippen LogP contribution in [0.4, 0.5) is 5.69 Å². The zero-order valence-electron chi connectivity index (χ0n) is 18.7. The van der Waals surface area contributed by atoms with Crippen molar-refractivity contribution >= 4 is 17.5 Å². The quantitative estimate of drug-likeness (QED) is 0.450. The molecule has 4 N–H and O–H groups in total. The van der Waals surface area contributed by atoms with Crippen LogP contribution < -0.4 is 25.2 Å². The van der Waals surface area contributed by atoms with Crippen LogP contribution in [-0.4, -0.2) is 58.7 Å². The minimum atomic E-state index is -0.632. The monoisotopic (exact) mass is 426 g/mol. The predicted octanol–water partition coefficient (Wildman–Crippen LogP) is -0.533. The summed E-state index contributed by atoms with van der Waals surface area (Å²) in [6, 6.07) is 15.6. The van der Waals surface area contributed by atoms with Crippen molar-refractivity contribution in [1.29, 1.82) is 0 Å². The summed E-state index contributed by atoms with van der Waals surface area (Å²) in [5, 5.41) is 5.61. The smallest absolute Gasteiger partial charge is 0.313 e. The van der Waals surface area contributed by atoms with Crippen LogP contribution in [0.1, 0.15) is 24.1 Å². The van der Waals surface area contributed by atoms with E-state index in [0.29, 0.717) is 12.2 Å². The van der Waals surface area contributed by atoms with Crippen LogP contribution >= 0.6 is 0 Å². The minimum absolute atomic E-state index is 0.0821. The highest BCUT2D eigenvalue weighted by molar-refractivity contribution is 6.39. The molecule has 0 unspecified atom stereocenters. The summed E-state index contributed by atoms with van der Waals surface area (Å²) in [7, 11) is 3.86. The summed E-state index contributed by atoms with van der Waals surface area (Å²) < 4.78 is 5.28. The van der Waals surface area contributed by atoms with Crippen LogP contribution in [0.15, 0.2) is 48.5 Å². The average molecular weight is 427 g/mol. The van der Waals surface area contributed by atoms with Gasteiger partial charge >= 0.3 is 11.8 Å². The Hall–Kier alpha value is -2.90. The number of para-hydroxylation sites is 1. The minimum Gasteiger partial charge on any atom is -0.497 e. The first kappa shape index (κ1) is 22.8. The van der Waals surface area contributed by atoms with Gasteiger partial charge in [0.15, 0.2) is 0 Å². The zero-order chi connectivity index (χ0) is 22.2. The predicted molar refractivity (Wildman–Crippen MR) is 121 cm³/mol. The molecule has 166 valence electrons. The molecule has 2 amide bonds. The maximum atomic E-state index is 12.6. The van der Waals surface area contributed by atoms with E-state index in [1.54, 1.807) is 7.11 Å². The number of likely N-dealkylation sites (N-methyl/N-ethyl adjacent to an activating group) is 1. The van der Waals surface area contributed by atoms with Crippen molar-refractivity contribution < 1.29 is 24.1 Å². The second kappa shape index (κ2) is 10.9. The fourth-order valence-electron chi connectivity index (χ4n) is 4.09. The summed E-state index contributed by atoms with van der Waals surface area (Å²) in [6.45, 7) is 6.64. The maximum absolute atomic E-state index is 12.6. The Bertz CT molecular complexity index is 877. The molecular weight excluding hydrogens is 392 g/mol. The number of piperazine rings is 1. The van der Waals surface area contributed by atoms with Gasteiger partial charge in [0.05, 0.1) is 20.7 Å². The molecule has 7 nitrogen and oxygen atoms in total. The summed E-state index contributed by atoms with van der Waals surface area (Å²) in [6.07, 6.45) is 0.784. The number of aryl methyl sites for hydroxylation is 1. The molecule has 0 radical (unpaired) electrons. The Labute approximate surface area is 184 Å². The third kappa shape index (κ3) is 6.06. The van der Waals surface area contributed by atoms with Crippen LogP contribution in [0.25, 0.3) is 0 Å². The van der Waals surface area contributed by atoms with Gasteiger partial charge in [0.1, 0.15) is 38.0 Å². The Morgan fingerprint density at radius 3 is 2.32 bits per heavy atom. The van der Waals surface area contributed by atoms with E-state index in [9.17, 15) is 9.59 Å². The normalized spacial score (nSPS) is 19.3. The van der Waals surface area contributed by atoms with Crippen molar-refractivity contribution in [2.75, 3.05) is 52.2 Å². The molecule has 1 saturated heterocycles. The number of hydrogen-bond donors (Lipinski definition) is 4. The second-order valence-corrected chi connectivity index (χ2v) is 8.12. The highest BCUT2D eigenvalue weighted by atomic mass is 16.5. The largest absolute Gasteiger partial charge is 0.497 e. The Kier molecular flexibility index (Phi) is 8.03. The van der Waals surface area contributed by atoms with E-state index in [0.717, 1.165) is 49.5 Å². The van der Waals surface area contributed by atoms with E-state index < -0.39 is 11.8 Å². The molecule has 1 heterocycles. The number of rotatable bonds is 7. The molecule has 0 saturated carbocycles. The van der Waals surface area contributed by atoms with Crippen LogP contribution in [0, 0.1) is 0 Å². The van der Waals surface area contributed by atoms with Gasteiger partial charge in [-0.1, -0.05) is 25.1 Å². The molecule has 1 fully saturated rings. The first-order valence-electron chi connectivity index (χ1n) is 11.0. The highest BCUT2D eigenvalue weighted by Gasteiger charge is 2.30. The summed E-state index contributed by atoms with van der Waals surface area (Å²) in [5.74, 6) is -0.436. The van der Waals surface area contributed by atoms with Crippen LogP contribution in [0.2, 0.25) is 0 Å². The lowest BCUT2D eigenvalue weighted by Crippen LogP contribution is -3.27. The summed E-state index contributed by atoms with van der Waals surface area (Å²) in [5.41, 5.74) is 2.82. The molecule has 7 heteroatoms. The number of carbonyl (C=O) groups is 2. The molecule has 2 aromatic rings. The van der Waals surface area contributed by atoms with Crippen molar-refractivity contribution in [1.82, 2.24) is 5.32 Å². The first-order valence-corrected chi connectivity index (χ1v) is 11.0. The first-order chi connectivity index (χ1) is 15.0. The number of quaternary nitrogens is 2. The molecule has 1 atom stereocenters. The summed E-state index contributed by atoms with van der Waals surface area (Å²) in [4.78, 5) is 28.0. The molecule has 1 aliphatic heterocycles. The van der Waals surface area contributed by atoms with E-state index in [2.05, 4.69) is 17.7 Å². The number of nitrogens with one attached hydrogen (secondary N) is 4. The number of hydrogen-bond acceptors (Lipinski definition) is 3. The fourth-order valence-corrected chi connectivity index (χ4v) is 4.09. The highest BCUT2D eigenvalue weighted by Crippen LogP contribution is 2.17. The van der Waals surface area contributed by atoms with Crippen molar-refractivity contribution in [2.45, 2.75) is 19.4 Å². The Morgan fingerprint density at radius 2 is 1.68 bits per heavy atom. The number of benzene rings is 2. The lowest BCUT2D eigenvalue weighted by atomic mass is 10.0. The van der Waals surface area contributed by atoms with Crippen LogP contribution in [0.3, 0.4) is 0 Å².